The van der Waals surface area contributed by atoms with E-state index in [0.29, 0.717) is 22.7 Å². The van der Waals surface area contributed by atoms with Crippen molar-refractivity contribution in [2.45, 2.75) is 56.6 Å². The molecule has 0 spiro atoms. The summed E-state index contributed by atoms with van der Waals surface area (Å²) in [6.45, 7) is 8.29. The fourth-order valence-corrected chi connectivity index (χ4v) is 3.75. The fourth-order valence-electron chi connectivity index (χ4n) is 2.93. The zero-order valence-corrected chi connectivity index (χ0v) is 18.7. The Kier molecular flexibility index (Phi) is 7.26. The van der Waals surface area contributed by atoms with Crippen molar-refractivity contribution in [3.63, 3.8) is 0 Å². The summed E-state index contributed by atoms with van der Waals surface area (Å²) in [5, 5.41) is 0.531. The highest BCUT2D eigenvalue weighted by molar-refractivity contribution is 7.98. The quantitative estimate of drug-likeness (QED) is 0.274. The highest BCUT2D eigenvalue weighted by Crippen LogP contribution is 2.33. The molecule has 1 heterocycles. The molecule has 0 saturated carbocycles. The fraction of sp³-hybridized carbons (Fsp3) is 0.333. The van der Waals surface area contributed by atoms with Crippen molar-refractivity contribution in [3.8, 4) is 11.6 Å². The highest BCUT2D eigenvalue weighted by Gasteiger charge is 2.29. The number of ether oxygens (including phenoxy) is 1. The Labute approximate surface area is 185 Å². The molecule has 164 valence electrons. The SMILES string of the molecule is CC(C)c1cc(Oc2ccccc2C(C)C)nc(SCc2ccc(C(F)(F)F)cc2)n1. The van der Waals surface area contributed by atoms with E-state index in [-0.39, 0.29) is 5.92 Å². The van der Waals surface area contributed by atoms with Crippen molar-refractivity contribution < 1.29 is 17.9 Å². The topological polar surface area (TPSA) is 35.0 Å². The van der Waals surface area contributed by atoms with E-state index in [1.807, 2.05) is 44.2 Å². The number of hydrogen-bond acceptors (Lipinski definition) is 4. The first kappa shape index (κ1) is 23.1. The molecule has 0 fully saturated rings. The number of thioether (sulfide) groups is 1. The predicted molar refractivity (Wildman–Crippen MR) is 118 cm³/mol. The van der Waals surface area contributed by atoms with Gasteiger partial charge in [0.2, 0.25) is 5.88 Å². The van der Waals surface area contributed by atoms with Crippen LogP contribution in [0.15, 0.2) is 59.8 Å². The van der Waals surface area contributed by atoms with Gasteiger partial charge in [-0.2, -0.15) is 18.2 Å². The van der Waals surface area contributed by atoms with Crippen molar-refractivity contribution in [1.29, 1.82) is 0 Å². The Balaban J connectivity index is 1.81. The molecule has 31 heavy (non-hydrogen) atoms. The maximum absolute atomic E-state index is 12.8. The van der Waals surface area contributed by atoms with Crippen molar-refractivity contribution in [1.82, 2.24) is 9.97 Å². The van der Waals surface area contributed by atoms with E-state index in [0.717, 1.165) is 34.7 Å². The lowest BCUT2D eigenvalue weighted by Crippen LogP contribution is -2.04. The molecule has 3 aromatic rings. The zero-order valence-electron chi connectivity index (χ0n) is 17.9. The molecule has 0 amide bonds. The van der Waals surface area contributed by atoms with Crippen LogP contribution in [-0.4, -0.2) is 9.97 Å². The number of nitrogens with zero attached hydrogens (tertiary/aromatic N) is 2. The minimum atomic E-state index is -4.33. The number of aromatic nitrogens is 2. The van der Waals surface area contributed by atoms with Gasteiger partial charge in [-0.05, 0) is 41.2 Å². The van der Waals surface area contributed by atoms with Crippen LogP contribution in [0.2, 0.25) is 0 Å². The molecule has 0 unspecified atom stereocenters. The van der Waals surface area contributed by atoms with Gasteiger partial charge in [0, 0.05) is 11.8 Å². The van der Waals surface area contributed by atoms with Crippen LogP contribution in [0, 0.1) is 0 Å². The second-order valence-corrected chi connectivity index (χ2v) is 8.79. The smallest absolute Gasteiger partial charge is 0.416 e. The van der Waals surface area contributed by atoms with Gasteiger partial charge in [-0.25, -0.2) is 4.98 Å². The van der Waals surface area contributed by atoms with Gasteiger partial charge in [0.05, 0.1) is 11.3 Å². The summed E-state index contributed by atoms with van der Waals surface area (Å²) in [6, 6.07) is 14.9. The van der Waals surface area contributed by atoms with Crippen LogP contribution in [0.3, 0.4) is 0 Å². The maximum Gasteiger partial charge on any atom is 0.416 e. The molecule has 0 aliphatic carbocycles. The molecule has 1 aromatic heterocycles. The first-order valence-corrected chi connectivity index (χ1v) is 11.1. The number of alkyl halides is 3. The average Bonchev–Trinajstić information content (AvgIpc) is 2.72. The van der Waals surface area contributed by atoms with Crippen LogP contribution in [0.4, 0.5) is 13.2 Å². The van der Waals surface area contributed by atoms with Crippen LogP contribution in [0.5, 0.6) is 11.6 Å². The summed E-state index contributed by atoms with van der Waals surface area (Å²) in [4.78, 5) is 9.13. The van der Waals surface area contributed by atoms with Crippen molar-refractivity contribution in [2.75, 3.05) is 0 Å². The van der Waals surface area contributed by atoms with Gasteiger partial charge in [0.1, 0.15) is 5.75 Å². The van der Waals surface area contributed by atoms with E-state index in [1.165, 1.54) is 23.9 Å². The maximum atomic E-state index is 12.8. The van der Waals surface area contributed by atoms with E-state index < -0.39 is 11.7 Å². The predicted octanol–water partition coefficient (Wildman–Crippen LogP) is 7.83. The van der Waals surface area contributed by atoms with E-state index in [1.54, 1.807) is 0 Å². The Hall–Kier alpha value is -2.54. The Morgan fingerprint density at radius 3 is 2.19 bits per heavy atom. The lowest BCUT2D eigenvalue weighted by molar-refractivity contribution is -0.137. The van der Waals surface area contributed by atoms with Crippen molar-refractivity contribution in [3.05, 3.63) is 77.0 Å². The molecule has 0 radical (unpaired) electrons. The monoisotopic (exact) mass is 446 g/mol. The van der Waals surface area contributed by atoms with Gasteiger partial charge >= 0.3 is 6.18 Å². The third-order valence-electron chi connectivity index (χ3n) is 4.70. The molecule has 0 saturated heterocycles. The van der Waals surface area contributed by atoms with Gasteiger partial charge in [0.15, 0.2) is 5.16 Å². The minimum Gasteiger partial charge on any atom is -0.439 e. The number of para-hydroxylation sites is 1. The van der Waals surface area contributed by atoms with Gasteiger partial charge in [-0.3, -0.25) is 0 Å². The van der Waals surface area contributed by atoms with E-state index in [2.05, 4.69) is 23.8 Å². The molecule has 7 heteroatoms. The zero-order chi connectivity index (χ0) is 22.6. The van der Waals surface area contributed by atoms with E-state index in [4.69, 9.17) is 4.74 Å². The first-order valence-electron chi connectivity index (χ1n) is 10.1. The standard InChI is InChI=1S/C24H25F3N2OS/c1-15(2)19-7-5-6-8-21(19)30-22-13-20(16(3)4)28-23(29-22)31-14-17-9-11-18(12-10-17)24(25,26)27/h5-13,15-16H,14H2,1-4H3. The summed E-state index contributed by atoms with van der Waals surface area (Å²) in [7, 11) is 0. The van der Waals surface area contributed by atoms with Crippen LogP contribution < -0.4 is 4.74 Å². The lowest BCUT2D eigenvalue weighted by atomic mass is 10.0. The second-order valence-electron chi connectivity index (χ2n) is 7.85. The summed E-state index contributed by atoms with van der Waals surface area (Å²) < 4.78 is 44.4. The number of benzene rings is 2. The average molecular weight is 447 g/mol. The van der Waals surface area contributed by atoms with Gasteiger partial charge in [0.25, 0.3) is 0 Å². The molecular weight excluding hydrogens is 421 g/mol. The Morgan fingerprint density at radius 2 is 1.58 bits per heavy atom. The minimum absolute atomic E-state index is 0.177. The van der Waals surface area contributed by atoms with Crippen LogP contribution in [-0.2, 0) is 11.9 Å². The Morgan fingerprint density at radius 1 is 0.903 bits per heavy atom. The molecule has 0 aliphatic rings. The van der Waals surface area contributed by atoms with Crippen LogP contribution in [0.25, 0.3) is 0 Å². The molecule has 0 atom stereocenters. The van der Waals surface area contributed by atoms with Crippen LogP contribution >= 0.6 is 11.8 Å². The summed E-state index contributed by atoms with van der Waals surface area (Å²) in [5.74, 6) is 2.15. The number of halogens is 3. The summed E-state index contributed by atoms with van der Waals surface area (Å²) in [6.07, 6.45) is -4.33. The van der Waals surface area contributed by atoms with Crippen molar-refractivity contribution >= 4 is 11.8 Å². The van der Waals surface area contributed by atoms with Crippen LogP contribution in [0.1, 0.15) is 61.9 Å². The Bertz CT molecular complexity index is 1020. The van der Waals surface area contributed by atoms with Gasteiger partial charge in [-0.1, -0.05) is 69.8 Å². The third-order valence-corrected chi connectivity index (χ3v) is 5.62. The molecular formula is C24H25F3N2OS. The summed E-state index contributed by atoms with van der Waals surface area (Å²) in [5.41, 5.74) is 2.05. The van der Waals surface area contributed by atoms with Gasteiger partial charge in [-0.15, -0.1) is 0 Å². The molecule has 0 N–H and O–H groups in total. The highest BCUT2D eigenvalue weighted by atomic mass is 32.2. The number of rotatable bonds is 7. The molecule has 0 bridgehead atoms. The molecule has 3 nitrogen and oxygen atoms in total. The third kappa shape index (κ3) is 6.23. The summed E-state index contributed by atoms with van der Waals surface area (Å²) >= 11 is 1.37. The molecule has 3 rings (SSSR count). The molecule has 0 aliphatic heterocycles. The van der Waals surface area contributed by atoms with E-state index >= 15 is 0 Å². The first-order chi connectivity index (χ1) is 14.6. The largest absolute Gasteiger partial charge is 0.439 e. The normalized spacial score (nSPS) is 11.9. The van der Waals surface area contributed by atoms with Gasteiger partial charge < -0.3 is 4.74 Å². The van der Waals surface area contributed by atoms with Crippen molar-refractivity contribution in [2.24, 2.45) is 0 Å². The number of hydrogen-bond donors (Lipinski definition) is 0. The van der Waals surface area contributed by atoms with E-state index in [9.17, 15) is 13.2 Å². The molecule has 2 aromatic carbocycles. The lowest BCUT2D eigenvalue weighted by Gasteiger charge is -2.15. The second kappa shape index (κ2) is 9.73.